The molecule has 1 nitrogen and oxygen atoms in total. The number of halogens is 3. The summed E-state index contributed by atoms with van der Waals surface area (Å²) in [5, 5.41) is 9.48. The van der Waals surface area contributed by atoms with Gasteiger partial charge in [-0.25, -0.2) is 4.39 Å². The molecule has 1 rings (SSSR count). The highest BCUT2D eigenvalue weighted by molar-refractivity contribution is 6.30. The van der Waals surface area contributed by atoms with Crippen molar-refractivity contribution in [2.24, 2.45) is 0 Å². The molecule has 1 N–H and O–H groups in total. The highest BCUT2D eigenvalue weighted by Gasteiger charge is 2.07. The van der Waals surface area contributed by atoms with Crippen molar-refractivity contribution < 1.29 is 9.50 Å². The molecule has 0 aromatic heterocycles. The summed E-state index contributed by atoms with van der Waals surface area (Å²) in [4.78, 5) is 0. The van der Waals surface area contributed by atoms with E-state index in [4.69, 9.17) is 23.2 Å². The minimum Gasteiger partial charge on any atom is -0.387 e. The van der Waals surface area contributed by atoms with Crippen LogP contribution in [0.2, 0.25) is 5.02 Å². The predicted molar refractivity (Wildman–Crippen MR) is 47.1 cm³/mol. The van der Waals surface area contributed by atoms with Crippen LogP contribution in [0.1, 0.15) is 11.7 Å². The van der Waals surface area contributed by atoms with E-state index in [9.17, 15) is 9.50 Å². The molecule has 1 aromatic carbocycles. The average Bonchev–Trinajstić information content (AvgIpc) is 2.01. The maximum Gasteiger partial charge on any atom is 0.125 e. The fraction of sp³-hybridized carbons (Fsp3) is 0.250. The Morgan fingerprint density at radius 3 is 2.58 bits per heavy atom. The fourth-order valence-electron chi connectivity index (χ4n) is 0.857. The third-order valence-corrected chi connectivity index (χ3v) is 1.93. The van der Waals surface area contributed by atoms with Gasteiger partial charge < -0.3 is 5.11 Å². The lowest BCUT2D eigenvalue weighted by molar-refractivity contribution is 0.202. The molecule has 1 atom stereocenters. The second-order valence-electron chi connectivity index (χ2n) is 2.37. The molecule has 0 aliphatic rings. The van der Waals surface area contributed by atoms with Gasteiger partial charge in [0.1, 0.15) is 5.82 Å². The molecular weight excluding hydrogens is 202 g/mol. The van der Waals surface area contributed by atoms with E-state index < -0.39 is 11.9 Å². The highest BCUT2D eigenvalue weighted by Crippen LogP contribution is 2.20. The van der Waals surface area contributed by atoms with Crippen LogP contribution < -0.4 is 0 Å². The van der Waals surface area contributed by atoms with Crippen molar-refractivity contribution in [3.8, 4) is 0 Å². The summed E-state index contributed by atoms with van der Waals surface area (Å²) in [5.74, 6) is -0.443. The molecule has 0 radical (unpaired) electrons. The standard InChI is InChI=1S/C8H7Cl2FO/c9-4-8(12)5-1-6(10)3-7(11)2-5/h1-3,8,12H,4H2/t8-/m0/s1. The van der Waals surface area contributed by atoms with Gasteiger partial charge >= 0.3 is 0 Å². The van der Waals surface area contributed by atoms with Crippen LogP contribution in [-0.4, -0.2) is 11.0 Å². The normalized spacial score (nSPS) is 13.0. The van der Waals surface area contributed by atoms with Gasteiger partial charge in [0.2, 0.25) is 0 Å². The number of rotatable bonds is 2. The van der Waals surface area contributed by atoms with Crippen molar-refractivity contribution >= 4 is 23.2 Å². The van der Waals surface area contributed by atoms with E-state index in [1.54, 1.807) is 0 Å². The van der Waals surface area contributed by atoms with E-state index in [0.717, 1.165) is 0 Å². The quantitative estimate of drug-likeness (QED) is 0.742. The lowest BCUT2D eigenvalue weighted by atomic mass is 10.1. The predicted octanol–water partition coefficient (Wildman–Crippen LogP) is 2.75. The Morgan fingerprint density at radius 2 is 2.08 bits per heavy atom. The summed E-state index contributed by atoms with van der Waals surface area (Å²) in [6.07, 6.45) is -0.861. The van der Waals surface area contributed by atoms with Crippen molar-refractivity contribution in [3.63, 3.8) is 0 Å². The van der Waals surface area contributed by atoms with E-state index in [-0.39, 0.29) is 10.9 Å². The summed E-state index contributed by atoms with van der Waals surface area (Å²) >= 11 is 10.9. The van der Waals surface area contributed by atoms with Gasteiger partial charge in [-0.2, -0.15) is 0 Å². The molecule has 0 saturated carbocycles. The zero-order valence-electron chi connectivity index (χ0n) is 6.10. The van der Waals surface area contributed by atoms with Gasteiger partial charge in [-0.05, 0) is 23.8 Å². The van der Waals surface area contributed by atoms with E-state index in [1.807, 2.05) is 0 Å². The lowest BCUT2D eigenvalue weighted by Gasteiger charge is -2.06. The topological polar surface area (TPSA) is 20.2 Å². The minimum absolute atomic E-state index is 0.0276. The van der Waals surface area contributed by atoms with Gasteiger partial charge in [0.25, 0.3) is 0 Å². The second kappa shape index (κ2) is 4.08. The number of alkyl halides is 1. The molecule has 1 aromatic rings. The molecule has 0 heterocycles. The molecule has 12 heavy (non-hydrogen) atoms. The monoisotopic (exact) mass is 208 g/mol. The Labute approximate surface area is 79.7 Å². The van der Waals surface area contributed by atoms with Crippen LogP contribution in [0, 0.1) is 5.82 Å². The molecule has 0 aliphatic heterocycles. The molecule has 0 amide bonds. The summed E-state index contributed by atoms with van der Waals surface area (Å²) < 4.78 is 12.7. The summed E-state index contributed by atoms with van der Waals surface area (Å²) in [5.41, 5.74) is 0.398. The van der Waals surface area contributed by atoms with Gasteiger partial charge in [0.05, 0.1) is 12.0 Å². The first-order valence-electron chi connectivity index (χ1n) is 3.33. The molecule has 0 spiro atoms. The van der Waals surface area contributed by atoms with Crippen molar-refractivity contribution in [2.45, 2.75) is 6.10 Å². The molecular formula is C8H7Cl2FO. The first-order valence-corrected chi connectivity index (χ1v) is 4.24. The molecule has 0 fully saturated rings. The van der Waals surface area contributed by atoms with Crippen LogP contribution in [0.15, 0.2) is 18.2 Å². The van der Waals surface area contributed by atoms with Gasteiger partial charge in [-0.3, -0.25) is 0 Å². The molecule has 4 heteroatoms. The zero-order chi connectivity index (χ0) is 9.14. The SMILES string of the molecule is O[C@@H](CCl)c1cc(F)cc(Cl)c1. The molecule has 0 saturated heterocycles. The lowest BCUT2D eigenvalue weighted by Crippen LogP contribution is -1.98. The van der Waals surface area contributed by atoms with Gasteiger partial charge in [-0.1, -0.05) is 11.6 Å². The number of aliphatic hydroxyl groups excluding tert-OH is 1. The first-order chi connectivity index (χ1) is 5.63. The zero-order valence-corrected chi connectivity index (χ0v) is 7.61. The molecule has 66 valence electrons. The van der Waals surface area contributed by atoms with Crippen molar-refractivity contribution in [3.05, 3.63) is 34.6 Å². The van der Waals surface area contributed by atoms with Crippen LogP contribution in [-0.2, 0) is 0 Å². The Morgan fingerprint density at radius 1 is 1.42 bits per heavy atom. The van der Waals surface area contributed by atoms with E-state index in [0.29, 0.717) is 5.56 Å². The summed E-state index contributed by atoms with van der Waals surface area (Å²) in [6.45, 7) is 0. The number of hydrogen-bond donors (Lipinski definition) is 1. The number of aliphatic hydroxyl groups is 1. The Balaban J connectivity index is 3.00. The smallest absolute Gasteiger partial charge is 0.125 e. The summed E-state index contributed by atoms with van der Waals surface area (Å²) in [6, 6.07) is 3.86. The van der Waals surface area contributed by atoms with Crippen LogP contribution in [0.25, 0.3) is 0 Å². The van der Waals surface area contributed by atoms with Crippen LogP contribution in [0.3, 0.4) is 0 Å². The van der Waals surface area contributed by atoms with Crippen molar-refractivity contribution in [1.29, 1.82) is 0 Å². The van der Waals surface area contributed by atoms with Crippen LogP contribution >= 0.6 is 23.2 Å². The second-order valence-corrected chi connectivity index (χ2v) is 3.12. The maximum atomic E-state index is 12.7. The van der Waals surface area contributed by atoms with Gasteiger partial charge in [-0.15, -0.1) is 11.6 Å². The molecule has 0 aliphatic carbocycles. The Kier molecular flexibility index (Phi) is 3.32. The fourth-order valence-corrected chi connectivity index (χ4v) is 1.27. The number of benzene rings is 1. The highest BCUT2D eigenvalue weighted by atomic mass is 35.5. The van der Waals surface area contributed by atoms with E-state index in [1.165, 1.54) is 18.2 Å². The molecule has 0 unspecified atom stereocenters. The van der Waals surface area contributed by atoms with Crippen LogP contribution in [0.4, 0.5) is 4.39 Å². The Hall–Kier alpha value is -0.310. The van der Waals surface area contributed by atoms with Gasteiger partial charge in [0.15, 0.2) is 0 Å². The maximum absolute atomic E-state index is 12.7. The number of hydrogen-bond acceptors (Lipinski definition) is 1. The first kappa shape index (κ1) is 9.78. The van der Waals surface area contributed by atoms with Gasteiger partial charge in [0, 0.05) is 5.02 Å². The third-order valence-electron chi connectivity index (χ3n) is 1.42. The average molecular weight is 209 g/mol. The third kappa shape index (κ3) is 2.34. The van der Waals surface area contributed by atoms with Crippen molar-refractivity contribution in [1.82, 2.24) is 0 Å². The Bertz CT molecular complexity index is 258. The largest absolute Gasteiger partial charge is 0.387 e. The van der Waals surface area contributed by atoms with E-state index >= 15 is 0 Å². The van der Waals surface area contributed by atoms with Crippen LogP contribution in [0.5, 0.6) is 0 Å². The molecule has 0 bridgehead atoms. The van der Waals surface area contributed by atoms with E-state index in [2.05, 4.69) is 0 Å². The summed E-state index contributed by atoms with van der Waals surface area (Å²) in [7, 11) is 0. The van der Waals surface area contributed by atoms with Crippen molar-refractivity contribution in [2.75, 3.05) is 5.88 Å². The minimum atomic E-state index is -0.861.